The molecule has 0 bridgehead atoms. The molecular formula is C20H24N2. The van der Waals surface area contributed by atoms with Crippen LogP contribution in [0.4, 0.5) is 0 Å². The van der Waals surface area contributed by atoms with Crippen molar-refractivity contribution in [2.24, 2.45) is 4.99 Å². The van der Waals surface area contributed by atoms with Gasteiger partial charge in [-0.2, -0.15) is 0 Å². The maximum absolute atomic E-state index is 4.81. The van der Waals surface area contributed by atoms with Crippen LogP contribution in [0.1, 0.15) is 24.5 Å². The quantitative estimate of drug-likeness (QED) is 0.814. The SMILES string of the molecule is CC1CCN=C(Cc2ccccc2)N1CCc1ccccc1. The van der Waals surface area contributed by atoms with Crippen LogP contribution in [0, 0.1) is 0 Å². The Morgan fingerprint density at radius 1 is 0.955 bits per heavy atom. The summed E-state index contributed by atoms with van der Waals surface area (Å²) < 4.78 is 0. The van der Waals surface area contributed by atoms with E-state index in [0.717, 1.165) is 32.4 Å². The normalized spacial score (nSPS) is 18.1. The summed E-state index contributed by atoms with van der Waals surface area (Å²) in [4.78, 5) is 7.31. The molecule has 22 heavy (non-hydrogen) atoms. The fourth-order valence-corrected chi connectivity index (χ4v) is 3.06. The largest absolute Gasteiger partial charge is 0.357 e. The lowest BCUT2D eigenvalue weighted by molar-refractivity contribution is 0.299. The van der Waals surface area contributed by atoms with E-state index in [1.807, 2.05) is 0 Å². The second-order valence-corrected chi connectivity index (χ2v) is 6.03. The Balaban J connectivity index is 1.68. The lowest BCUT2D eigenvalue weighted by Gasteiger charge is -2.35. The van der Waals surface area contributed by atoms with Gasteiger partial charge in [0.15, 0.2) is 0 Å². The molecule has 0 spiro atoms. The Morgan fingerprint density at radius 2 is 1.59 bits per heavy atom. The van der Waals surface area contributed by atoms with Crippen molar-refractivity contribution >= 4 is 5.84 Å². The third-order valence-corrected chi connectivity index (χ3v) is 4.39. The van der Waals surface area contributed by atoms with Crippen LogP contribution in [0.2, 0.25) is 0 Å². The van der Waals surface area contributed by atoms with Crippen molar-refractivity contribution in [3.05, 3.63) is 71.8 Å². The molecule has 1 aliphatic heterocycles. The molecule has 2 aromatic carbocycles. The fraction of sp³-hybridized carbons (Fsp3) is 0.350. The van der Waals surface area contributed by atoms with Gasteiger partial charge in [0.2, 0.25) is 0 Å². The minimum atomic E-state index is 0.583. The van der Waals surface area contributed by atoms with Gasteiger partial charge in [0.1, 0.15) is 5.84 Å². The van der Waals surface area contributed by atoms with Crippen molar-refractivity contribution in [1.29, 1.82) is 0 Å². The number of aliphatic imine (C=N–C) groups is 1. The molecule has 0 saturated carbocycles. The van der Waals surface area contributed by atoms with Crippen LogP contribution in [0.5, 0.6) is 0 Å². The molecule has 3 rings (SSSR count). The van der Waals surface area contributed by atoms with Gasteiger partial charge in [-0.1, -0.05) is 60.7 Å². The second-order valence-electron chi connectivity index (χ2n) is 6.03. The highest BCUT2D eigenvalue weighted by Crippen LogP contribution is 2.16. The van der Waals surface area contributed by atoms with Gasteiger partial charge in [0.05, 0.1) is 0 Å². The molecule has 0 aliphatic carbocycles. The Bertz CT molecular complexity index is 604. The topological polar surface area (TPSA) is 15.6 Å². The third-order valence-electron chi connectivity index (χ3n) is 4.39. The van der Waals surface area contributed by atoms with Crippen LogP contribution in [-0.4, -0.2) is 29.9 Å². The summed E-state index contributed by atoms with van der Waals surface area (Å²) in [5.41, 5.74) is 2.75. The van der Waals surface area contributed by atoms with E-state index in [1.54, 1.807) is 0 Å². The smallest absolute Gasteiger partial charge is 0.104 e. The van der Waals surface area contributed by atoms with E-state index in [4.69, 9.17) is 4.99 Å². The average Bonchev–Trinajstić information content (AvgIpc) is 2.56. The summed E-state index contributed by atoms with van der Waals surface area (Å²) in [5, 5.41) is 0. The molecule has 2 aromatic rings. The third kappa shape index (κ3) is 3.76. The van der Waals surface area contributed by atoms with E-state index in [9.17, 15) is 0 Å². The van der Waals surface area contributed by atoms with Crippen LogP contribution in [0.3, 0.4) is 0 Å². The van der Waals surface area contributed by atoms with E-state index >= 15 is 0 Å². The fourth-order valence-electron chi connectivity index (χ4n) is 3.06. The first-order valence-corrected chi connectivity index (χ1v) is 8.21. The molecule has 0 saturated heterocycles. The Hall–Kier alpha value is -2.09. The zero-order valence-corrected chi connectivity index (χ0v) is 13.3. The van der Waals surface area contributed by atoms with Gasteiger partial charge < -0.3 is 4.90 Å². The van der Waals surface area contributed by atoms with Gasteiger partial charge in [-0.3, -0.25) is 4.99 Å². The van der Waals surface area contributed by atoms with Crippen LogP contribution in [0.25, 0.3) is 0 Å². The lowest BCUT2D eigenvalue weighted by atomic mass is 10.1. The number of benzene rings is 2. The minimum Gasteiger partial charge on any atom is -0.357 e. The molecule has 0 N–H and O–H groups in total. The van der Waals surface area contributed by atoms with Crippen molar-refractivity contribution in [2.75, 3.05) is 13.1 Å². The monoisotopic (exact) mass is 292 g/mol. The molecule has 1 unspecified atom stereocenters. The zero-order valence-electron chi connectivity index (χ0n) is 13.3. The summed E-state index contributed by atoms with van der Waals surface area (Å²) in [7, 11) is 0. The van der Waals surface area contributed by atoms with Crippen molar-refractivity contribution < 1.29 is 0 Å². The minimum absolute atomic E-state index is 0.583. The first-order chi connectivity index (χ1) is 10.8. The summed E-state index contributed by atoms with van der Waals surface area (Å²) in [6.45, 7) is 4.34. The number of amidine groups is 1. The van der Waals surface area contributed by atoms with Crippen LogP contribution in [0.15, 0.2) is 65.7 Å². The molecule has 114 valence electrons. The maximum Gasteiger partial charge on any atom is 0.104 e. The number of nitrogens with zero attached hydrogens (tertiary/aromatic N) is 2. The molecular weight excluding hydrogens is 268 g/mol. The molecule has 2 nitrogen and oxygen atoms in total. The molecule has 1 aliphatic rings. The summed E-state index contributed by atoms with van der Waals surface area (Å²) in [6.07, 6.45) is 3.19. The molecule has 1 atom stereocenters. The highest BCUT2D eigenvalue weighted by atomic mass is 15.2. The standard InChI is InChI=1S/C20H24N2/c1-17-12-14-21-20(16-19-10-6-3-7-11-19)22(17)15-13-18-8-4-2-5-9-18/h2-11,17H,12-16H2,1H3. The molecule has 2 heteroatoms. The van der Waals surface area contributed by atoms with Crippen LogP contribution < -0.4 is 0 Å². The maximum atomic E-state index is 4.81. The molecule has 1 heterocycles. The van der Waals surface area contributed by atoms with Crippen molar-refractivity contribution in [1.82, 2.24) is 4.90 Å². The molecule has 0 fully saturated rings. The summed E-state index contributed by atoms with van der Waals surface area (Å²) in [6, 6.07) is 22.0. The molecule has 0 radical (unpaired) electrons. The Kier molecular flexibility index (Phi) is 4.89. The van der Waals surface area contributed by atoms with Gasteiger partial charge in [-0.25, -0.2) is 0 Å². The Morgan fingerprint density at radius 3 is 2.27 bits per heavy atom. The van der Waals surface area contributed by atoms with Crippen molar-refractivity contribution in [3.63, 3.8) is 0 Å². The van der Waals surface area contributed by atoms with Gasteiger partial charge in [0, 0.05) is 25.6 Å². The van der Waals surface area contributed by atoms with E-state index in [1.165, 1.54) is 17.0 Å². The van der Waals surface area contributed by atoms with Crippen molar-refractivity contribution in [3.8, 4) is 0 Å². The van der Waals surface area contributed by atoms with E-state index in [0.29, 0.717) is 6.04 Å². The predicted octanol–water partition coefficient (Wildman–Crippen LogP) is 3.96. The van der Waals surface area contributed by atoms with Gasteiger partial charge in [-0.15, -0.1) is 0 Å². The first kappa shape index (κ1) is 14.8. The summed E-state index contributed by atoms with van der Waals surface area (Å²) in [5.74, 6) is 1.25. The van der Waals surface area contributed by atoms with Crippen LogP contribution in [-0.2, 0) is 12.8 Å². The number of rotatable bonds is 5. The number of hydrogen-bond acceptors (Lipinski definition) is 2. The highest BCUT2D eigenvalue weighted by Gasteiger charge is 2.21. The molecule has 0 amide bonds. The van der Waals surface area contributed by atoms with Crippen LogP contribution >= 0.6 is 0 Å². The van der Waals surface area contributed by atoms with E-state index < -0.39 is 0 Å². The number of hydrogen-bond donors (Lipinski definition) is 0. The Labute approximate surface area is 133 Å². The first-order valence-electron chi connectivity index (χ1n) is 8.21. The highest BCUT2D eigenvalue weighted by molar-refractivity contribution is 5.85. The second kappa shape index (κ2) is 7.26. The lowest BCUT2D eigenvalue weighted by Crippen LogP contribution is -2.44. The zero-order chi connectivity index (χ0) is 15.2. The van der Waals surface area contributed by atoms with Gasteiger partial charge >= 0.3 is 0 Å². The van der Waals surface area contributed by atoms with Gasteiger partial charge in [0.25, 0.3) is 0 Å². The molecule has 0 aromatic heterocycles. The summed E-state index contributed by atoms with van der Waals surface area (Å²) >= 11 is 0. The van der Waals surface area contributed by atoms with E-state index in [-0.39, 0.29) is 0 Å². The average molecular weight is 292 g/mol. The van der Waals surface area contributed by atoms with Gasteiger partial charge in [-0.05, 0) is 30.9 Å². The van der Waals surface area contributed by atoms with Crippen molar-refractivity contribution in [2.45, 2.75) is 32.2 Å². The van der Waals surface area contributed by atoms with E-state index in [2.05, 4.69) is 72.5 Å². The predicted molar refractivity (Wildman–Crippen MR) is 93.4 cm³/mol.